The lowest BCUT2D eigenvalue weighted by Gasteiger charge is -2.13. The third-order valence-corrected chi connectivity index (χ3v) is 3.01. The van der Waals surface area contributed by atoms with Crippen molar-refractivity contribution in [2.45, 2.75) is 45.6 Å². The molecule has 0 spiro atoms. The minimum Gasteiger partial charge on any atom is -0.417 e. The number of rotatable bonds is 6. The number of alkyl halides is 7. The predicted octanol–water partition coefficient (Wildman–Crippen LogP) is 3.90. The molecule has 145 valence electrons. The van der Waals surface area contributed by atoms with Crippen molar-refractivity contribution in [1.82, 2.24) is 15.2 Å². The van der Waals surface area contributed by atoms with Gasteiger partial charge in [0.1, 0.15) is 5.70 Å². The average molecular weight is 389 g/mol. The van der Waals surface area contributed by atoms with E-state index < -0.39 is 49.0 Å². The largest absolute Gasteiger partial charge is 0.417 e. The fraction of sp³-hybridized carbons (Fsp3) is 0.538. The lowest BCUT2D eigenvalue weighted by molar-refractivity contribution is -0.127. The number of hydrogen-bond donors (Lipinski definition) is 0. The molecule has 0 aromatic carbocycles. The highest BCUT2D eigenvalue weighted by atomic mass is 19.4. The molecule has 0 bridgehead atoms. The number of aromatic nitrogens is 2. The van der Waals surface area contributed by atoms with Crippen molar-refractivity contribution in [3.05, 3.63) is 17.5 Å². The molecule has 0 atom stereocenters. The SMILES string of the molecule is CC(C)c1cc(OC(F)F)n(C2=C(CC(F)(F)F)[N]N=C2OC(F)F)n1. The first-order chi connectivity index (χ1) is 12.0. The van der Waals surface area contributed by atoms with Gasteiger partial charge in [-0.2, -0.15) is 40.5 Å². The molecular weight excluding hydrogens is 377 g/mol. The van der Waals surface area contributed by atoms with Crippen molar-refractivity contribution in [3.63, 3.8) is 0 Å². The van der Waals surface area contributed by atoms with E-state index in [-0.39, 0.29) is 11.6 Å². The van der Waals surface area contributed by atoms with E-state index in [9.17, 15) is 30.7 Å². The second-order valence-corrected chi connectivity index (χ2v) is 5.32. The molecule has 1 aromatic rings. The third kappa shape index (κ3) is 4.79. The molecule has 1 aliphatic heterocycles. The van der Waals surface area contributed by atoms with Gasteiger partial charge in [0, 0.05) is 6.07 Å². The smallest absolute Gasteiger partial charge is 0.394 e. The van der Waals surface area contributed by atoms with Gasteiger partial charge in [-0.15, -0.1) is 10.5 Å². The van der Waals surface area contributed by atoms with Crippen LogP contribution < -0.4 is 10.2 Å². The second kappa shape index (κ2) is 7.41. The highest BCUT2D eigenvalue weighted by Gasteiger charge is 2.38. The van der Waals surface area contributed by atoms with Crippen molar-refractivity contribution in [2.75, 3.05) is 0 Å². The summed E-state index contributed by atoms with van der Waals surface area (Å²) < 4.78 is 97.2. The Balaban J connectivity index is 2.57. The van der Waals surface area contributed by atoms with E-state index >= 15 is 0 Å². The van der Waals surface area contributed by atoms with Crippen LogP contribution >= 0.6 is 0 Å². The van der Waals surface area contributed by atoms with Gasteiger partial charge in [-0.3, -0.25) is 0 Å². The number of ether oxygens (including phenoxy) is 2. The number of hydrogen-bond acceptors (Lipinski definition) is 4. The molecule has 1 aliphatic rings. The van der Waals surface area contributed by atoms with Crippen LogP contribution in [0.5, 0.6) is 5.88 Å². The van der Waals surface area contributed by atoms with Crippen LogP contribution in [-0.2, 0) is 4.74 Å². The Morgan fingerprint density at radius 1 is 1.08 bits per heavy atom. The van der Waals surface area contributed by atoms with Crippen LogP contribution in [-0.4, -0.2) is 35.1 Å². The quantitative estimate of drug-likeness (QED) is 0.694. The van der Waals surface area contributed by atoms with E-state index in [4.69, 9.17) is 0 Å². The minimum absolute atomic E-state index is 0.169. The first-order valence-corrected chi connectivity index (χ1v) is 7.07. The zero-order chi connectivity index (χ0) is 19.6. The normalized spacial score (nSPS) is 15.2. The maximum atomic E-state index is 12.7. The standard InChI is InChI=1S/C13H12F7N4O2/c1-5(2)6-3-8(25-11(14)15)24(23-6)9-7(4-13(18,19)20)21-22-10(9)26-12(16)17/h3,5,11-12H,4H2,1-2H3. The van der Waals surface area contributed by atoms with Gasteiger partial charge < -0.3 is 9.47 Å². The Bertz CT molecular complexity index is 710. The summed E-state index contributed by atoms with van der Waals surface area (Å²) in [7, 11) is 0. The Morgan fingerprint density at radius 3 is 2.19 bits per heavy atom. The molecule has 1 radical (unpaired) electrons. The molecule has 0 fully saturated rings. The van der Waals surface area contributed by atoms with Gasteiger partial charge in [-0.1, -0.05) is 13.8 Å². The Hall–Kier alpha value is -2.47. The minimum atomic E-state index is -4.77. The van der Waals surface area contributed by atoms with Crippen LogP contribution in [0.3, 0.4) is 0 Å². The molecule has 6 nitrogen and oxygen atoms in total. The summed E-state index contributed by atoms with van der Waals surface area (Å²) in [5.41, 5.74) is 1.77. The fourth-order valence-electron chi connectivity index (χ4n) is 2.01. The van der Waals surface area contributed by atoms with Crippen molar-refractivity contribution in [3.8, 4) is 5.88 Å². The van der Waals surface area contributed by atoms with Gasteiger partial charge in [-0.25, -0.2) is 0 Å². The Kier molecular flexibility index (Phi) is 5.66. The van der Waals surface area contributed by atoms with Crippen molar-refractivity contribution in [2.24, 2.45) is 5.10 Å². The Labute approximate surface area is 142 Å². The van der Waals surface area contributed by atoms with E-state index in [1.54, 1.807) is 13.8 Å². The maximum Gasteiger partial charge on any atom is 0.394 e. The summed E-state index contributed by atoms with van der Waals surface area (Å²) in [4.78, 5) is 0. The highest BCUT2D eigenvalue weighted by molar-refractivity contribution is 6.16. The van der Waals surface area contributed by atoms with Crippen LogP contribution in [0.4, 0.5) is 30.7 Å². The van der Waals surface area contributed by atoms with Crippen molar-refractivity contribution in [1.29, 1.82) is 0 Å². The van der Waals surface area contributed by atoms with Gasteiger partial charge in [0.15, 0.2) is 5.70 Å². The van der Waals surface area contributed by atoms with Gasteiger partial charge >= 0.3 is 19.4 Å². The van der Waals surface area contributed by atoms with E-state index in [1.165, 1.54) is 0 Å². The summed E-state index contributed by atoms with van der Waals surface area (Å²) >= 11 is 0. The van der Waals surface area contributed by atoms with E-state index in [0.29, 0.717) is 4.68 Å². The predicted molar refractivity (Wildman–Crippen MR) is 73.5 cm³/mol. The fourth-order valence-corrected chi connectivity index (χ4v) is 2.01. The van der Waals surface area contributed by atoms with Crippen LogP contribution in [0.25, 0.3) is 5.70 Å². The number of halogens is 7. The van der Waals surface area contributed by atoms with E-state index in [2.05, 4.69) is 25.1 Å². The number of nitrogens with zero attached hydrogens (tertiary/aromatic N) is 4. The molecule has 13 heteroatoms. The first kappa shape index (κ1) is 19.8. The summed E-state index contributed by atoms with van der Waals surface area (Å²) in [5, 5.41) is 6.99. The number of allylic oxidation sites excluding steroid dienone is 1. The van der Waals surface area contributed by atoms with E-state index in [1.807, 2.05) is 0 Å². The summed E-state index contributed by atoms with van der Waals surface area (Å²) in [6.07, 6.45) is -6.43. The summed E-state index contributed by atoms with van der Waals surface area (Å²) in [6, 6.07) is 1.05. The van der Waals surface area contributed by atoms with Crippen LogP contribution in [0.15, 0.2) is 16.9 Å². The van der Waals surface area contributed by atoms with Gasteiger partial charge in [0.05, 0.1) is 12.1 Å². The molecule has 0 amide bonds. The second-order valence-electron chi connectivity index (χ2n) is 5.32. The molecule has 0 unspecified atom stereocenters. The van der Waals surface area contributed by atoms with Crippen LogP contribution in [0.1, 0.15) is 31.9 Å². The molecular formula is C13H12F7N4O2. The van der Waals surface area contributed by atoms with Crippen molar-refractivity contribution < 1.29 is 40.2 Å². The van der Waals surface area contributed by atoms with Gasteiger partial charge in [0.2, 0.25) is 5.88 Å². The zero-order valence-electron chi connectivity index (χ0n) is 13.3. The summed E-state index contributed by atoms with van der Waals surface area (Å²) in [6.45, 7) is -3.49. The third-order valence-electron chi connectivity index (χ3n) is 3.01. The highest BCUT2D eigenvalue weighted by Crippen LogP contribution is 2.34. The lowest BCUT2D eigenvalue weighted by atomic mass is 10.1. The van der Waals surface area contributed by atoms with Crippen LogP contribution in [0.2, 0.25) is 0 Å². The lowest BCUT2D eigenvalue weighted by Crippen LogP contribution is -2.19. The van der Waals surface area contributed by atoms with Gasteiger partial charge in [0.25, 0.3) is 5.90 Å². The topological polar surface area (TPSA) is 62.7 Å². The molecule has 2 rings (SSSR count). The Morgan fingerprint density at radius 2 is 1.69 bits per heavy atom. The molecule has 0 saturated heterocycles. The molecule has 0 saturated carbocycles. The molecule has 1 aromatic heterocycles. The molecule has 0 N–H and O–H groups in total. The molecule has 0 aliphatic carbocycles. The monoisotopic (exact) mass is 389 g/mol. The summed E-state index contributed by atoms with van der Waals surface area (Å²) in [5.74, 6) is -1.98. The van der Waals surface area contributed by atoms with E-state index in [0.717, 1.165) is 6.07 Å². The van der Waals surface area contributed by atoms with Crippen molar-refractivity contribution >= 4 is 11.6 Å². The average Bonchev–Trinajstić information content (AvgIpc) is 3.00. The molecule has 2 heterocycles. The zero-order valence-corrected chi connectivity index (χ0v) is 13.3. The molecule has 26 heavy (non-hydrogen) atoms. The van der Waals surface area contributed by atoms with Crippen LogP contribution in [0, 0.1) is 0 Å². The van der Waals surface area contributed by atoms with Gasteiger partial charge in [-0.05, 0) is 5.92 Å². The first-order valence-electron chi connectivity index (χ1n) is 7.07. The maximum absolute atomic E-state index is 12.7.